The molecule has 1 unspecified atom stereocenters. The number of rotatable bonds is 5. The zero-order valence-corrected chi connectivity index (χ0v) is 37.8. The summed E-state index contributed by atoms with van der Waals surface area (Å²) in [7, 11) is 0. The molecule has 0 radical (unpaired) electrons. The van der Waals surface area contributed by atoms with Gasteiger partial charge >= 0.3 is 314 Å². The normalized spacial score (nSPS) is 27.3. The first kappa shape index (κ1) is 40.1. The second-order valence-corrected chi connectivity index (χ2v) is 25.6. The van der Waals surface area contributed by atoms with Gasteiger partial charge in [0.1, 0.15) is 0 Å². The Morgan fingerprint density at radius 3 is 1.92 bits per heavy atom. The Balaban J connectivity index is 0.00000232. The van der Waals surface area contributed by atoms with Gasteiger partial charge in [0, 0.05) is 0 Å². The van der Waals surface area contributed by atoms with Crippen LogP contribution in [0.3, 0.4) is 0 Å². The van der Waals surface area contributed by atoms with Crippen molar-refractivity contribution in [2.75, 3.05) is 0 Å². The average molecular weight is 813 g/mol. The molecule has 0 spiro atoms. The van der Waals surface area contributed by atoms with Crippen molar-refractivity contribution in [3.63, 3.8) is 0 Å². The zero-order valence-electron chi connectivity index (χ0n) is 33.9. The van der Waals surface area contributed by atoms with E-state index in [-0.39, 0.29) is 35.6 Å². The van der Waals surface area contributed by atoms with Gasteiger partial charge < -0.3 is 24.8 Å². The number of aryl methyl sites for hydroxylation is 1. The van der Waals surface area contributed by atoms with Crippen molar-refractivity contribution >= 4 is 6.48 Å². The number of hydrogen-bond donors (Lipinski definition) is 0. The fraction of sp³-hybridized carbons (Fsp3) is 0.531. The van der Waals surface area contributed by atoms with E-state index in [4.69, 9.17) is 0 Å². The van der Waals surface area contributed by atoms with Crippen LogP contribution in [0.15, 0.2) is 69.5 Å². The Morgan fingerprint density at radius 2 is 1.37 bits per heavy atom. The Hall–Kier alpha value is -1.53. The van der Waals surface area contributed by atoms with Gasteiger partial charge in [0.25, 0.3) is 0 Å². The predicted octanol–water partition coefficient (Wildman–Crippen LogP) is 6.27. The third kappa shape index (κ3) is 6.42. The van der Waals surface area contributed by atoms with Gasteiger partial charge in [-0.05, 0) is 0 Å². The van der Waals surface area contributed by atoms with Crippen LogP contribution in [-0.2, 0) is 38.5 Å². The van der Waals surface area contributed by atoms with Gasteiger partial charge in [-0.25, -0.2) is 0 Å². The number of allylic oxidation sites excluding steroid dienone is 4. The molecule has 0 amide bonds. The molecule has 9 rings (SSSR count). The minimum absolute atomic E-state index is 0. The molecule has 4 saturated carbocycles. The molecule has 0 heterocycles. The van der Waals surface area contributed by atoms with Crippen LogP contribution >= 0.6 is 0 Å². The minimum Gasteiger partial charge on any atom is -1.00 e. The number of hydrogen-bond acceptors (Lipinski definition) is 0. The van der Waals surface area contributed by atoms with Crippen LogP contribution in [0.1, 0.15) is 140 Å². The van der Waals surface area contributed by atoms with E-state index in [0.29, 0.717) is 11.3 Å². The van der Waals surface area contributed by atoms with E-state index < -0.39 is 21.3 Å². The van der Waals surface area contributed by atoms with Crippen molar-refractivity contribution < 1.29 is 46.1 Å². The minimum atomic E-state index is -2.73. The van der Waals surface area contributed by atoms with Crippen molar-refractivity contribution in [2.24, 2.45) is 35.0 Å². The molecule has 0 aliphatic heterocycles. The molecule has 4 fully saturated rings. The molecule has 0 aromatic heterocycles. The summed E-state index contributed by atoms with van der Waals surface area (Å²) in [5.74, 6) is 4.30. The molecular formula is C49H62Cl2Zr. The van der Waals surface area contributed by atoms with Gasteiger partial charge in [0.2, 0.25) is 0 Å². The van der Waals surface area contributed by atoms with E-state index in [1.165, 1.54) is 54.4 Å². The van der Waals surface area contributed by atoms with Crippen LogP contribution in [0.5, 0.6) is 0 Å². The standard InChI is InChI=1S/C23H29.C17H23.C9H10.2ClH.Zr/c1-14-9-16-11-17-10-15(2)21(23(6,7)8)13-19(17)18(16)12-20(14)22(3,4)5;1-11-3-4-14(5-11)17(2)15-7-12-6-13(9-15)10-16(17)8-12;1-2-6-9-7-4-3-5-8-9;;;/h9,12-13H,11H2,1-8H3;4-5,11-13,15-16H,6-10H2,1-2H3;3-5,7-8H,2H2,1H3;2*1H;/q;;;;;+2/p-2. The first-order valence-corrected chi connectivity index (χ1v) is 23.8. The van der Waals surface area contributed by atoms with Crippen molar-refractivity contribution in [1.29, 1.82) is 0 Å². The maximum absolute atomic E-state index is 2.87. The van der Waals surface area contributed by atoms with Crippen LogP contribution in [0, 0.1) is 48.9 Å². The summed E-state index contributed by atoms with van der Waals surface area (Å²) < 4.78 is 5.44. The molecule has 52 heavy (non-hydrogen) atoms. The largest absolute Gasteiger partial charge is 1.00 e. The topological polar surface area (TPSA) is 0 Å². The number of fused-ring (bicyclic) bond motifs is 3. The van der Waals surface area contributed by atoms with Gasteiger partial charge in [-0.1, -0.05) is 0 Å². The van der Waals surface area contributed by atoms with E-state index in [1.54, 1.807) is 36.6 Å². The summed E-state index contributed by atoms with van der Waals surface area (Å²) >= 11 is -2.73. The maximum atomic E-state index is 2.87. The van der Waals surface area contributed by atoms with Gasteiger partial charge in [-0.2, -0.15) is 0 Å². The molecule has 3 heteroatoms. The molecule has 0 saturated heterocycles. The van der Waals surface area contributed by atoms with Crippen LogP contribution in [0.2, 0.25) is 0 Å². The monoisotopic (exact) mass is 810 g/mol. The average Bonchev–Trinajstić information content (AvgIpc) is 3.60. The quantitative estimate of drug-likeness (QED) is 0.223. The molecule has 3 aromatic carbocycles. The fourth-order valence-corrected chi connectivity index (χ4v) is 21.0. The van der Waals surface area contributed by atoms with E-state index >= 15 is 0 Å². The number of benzene rings is 3. The van der Waals surface area contributed by atoms with Crippen molar-refractivity contribution in [2.45, 2.75) is 132 Å². The smallest absolute Gasteiger partial charge is 1.00 e. The Bertz CT molecular complexity index is 1950. The van der Waals surface area contributed by atoms with Crippen LogP contribution in [0.4, 0.5) is 0 Å². The molecule has 1 atom stereocenters. The zero-order chi connectivity index (χ0) is 35.5. The molecule has 0 N–H and O–H groups in total. The van der Waals surface area contributed by atoms with E-state index in [1.807, 2.05) is 6.55 Å². The Morgan fingerprint density at radius 1 is 0.788 bits per heavy atom. The van der Waals surface area contributed by atoms with Gasteiger partial charge in [-0.3, -0.25) is 0 Å². The molecule has 3 aromatic rings. The number of halogens is 2. The van der Waals surface area contributed by atoms with E-state index in [0.717, 1.165) is 36.5 Å². The summed E-state index contributed by atoms with van der Waals surface area (Å²) in [4.78, 5) is 0. The molecule has 4 bridgehead atoms. The molecule has 0 nitrogen and oxygen atoms in total. The fourth-order valence-electron chi connectivity index (χ4n) is 12.1. The summed E-state index contributed by atoms with van der Waals surface area (Å²) in [5.41, 5.74) is 16.2. The molecule has 6 aliphatic carbocycles. The second-order valence-electron chi connectivity index (χ2n) is 19.6. The first-order chi connectivity index (χ1) is 23.6. The maximum Gasteiger partial charge on any atom is -1.00 e. The second kappa shape index (κ2) is 14.2. The summed E-state index contributed by atoms with van der Waals surface area (Å²) in [6.07, 6.45) is 15.3. The van der Waals surface area contributed by atoms with Gasteiger partial charge in [0.05, 0.1) is 0 Å². The molecule has 276 valence electrons. The first-order valence-electron chi connectivity index (χ1n) is 20.1. The predicted molar refractivity (Wildman–Crippen MR) is 213 cm³/mol. The summed E-state index contributed by atoms with van der Waals surface area (Å²) in [6.45, 7) is 27.1. The Labute approximate surface area is 336 Å². The third-order valence-corrected chi connectivity index (χ3v) is 23.3. The van der Waals surface area contributed by atoms with Crippen LogP contribution < -0.4 is 28.1 Å². The van der Waals surface area contributed by atoms with Crippen LogP contribution in [-0.4, -0.2) is 3.21 Å². The molecular weight excluding hydrogens is 751 g/mol. The van der Waals surface area contributed by atoms with Gasteiger partial charge in [-0.15, -0.1) is 0 Å². The summed E-state index contributed by atoms with van der Waals surface area (Å²) in [5, 5.41) is 0. The van der Waals surface area contributed by atoms with Crippen molar-refractivity contribution in [3.05, 3.63) is 108 Å². The van der Waals surface area contributed by atoms with E-state index in [2.05, 4.69) is 137 Å². The van der Waals surface area contributed by atoms with E-state index in [9.17, 15) is 0 Å². The Kier molecular flexibility index (Phi) is 11.0. The van der Waals surface area contributed by atoms with Gasteiger partial charge in [0.15, 0.2) is 0 Å². The molecule has 6 aliphatic rings. The van der Waals surface area contributed by atoms with Crippen LogP contribution in [0.25, 0.3) is 11.1 Å². The SMILES string of the molecule is CC/[C](c1ccccc1)=[Zr+2](\[C]1=CC(C2(C)C3CC4CC(C3)CC2C4)=CC1C)[c]1c(C)c(C(C)(C)C)cc2c1Cc1cc(C)c(C(C)(C)C)cc1-2.[Cl-].[Cl-]. The van der Waals surface area contributed by atoms with Crippen molar-refractivity contribution in [1.82, 2.24) is 0 Å². The third-order valence-electron chi connectivity index (χ3n) is 14.4. The van der Waals surface area contributed by atoms with Crippen molar-refractivity contribution in [3.8, 4) is 11.1 Å². The summed E-state index contributed by atoms with van der Waals surface area (Å²) in [6, 6.07) is 19.4.